The molecule has 1 aliphatic carbocycles. The summed E-state index contributed by atoms with van der Waals surface area (Å²) in [6, 6.07) is 7.56. The first-order valence-electron chi connectivity index (χ1n) is 6.50. The molecule has 2 amide bonds. The van der Waals surface area contributed by atoms with Crippen molar-refractivity contribution in [3.05, 3.63) is 36.4 Å². The molecule has 4 heteroatoms. The fraction of sp³-hybridized carbons (Fsp3) is 0.333. The van der Waals surface area contributed by atoms with Crippen LogP contribution in [0.4, 0.5) is 11.4 Å². The number of amides is 2. The van der Waals surface area contributed by atoms with Crippen LogP contribution in [-0.4, -0.2) is 25.4 Å². The number of fused-ring (bicyclic) bond motifs is 1. The Balaban J connectivity index is 1.96. The first-order valence-corrected chi connectivity index (χ1v) is 6.50. The van der Waals surface area contributed by atoms with Gasteiger partial charge in [-0.1, -0.05) is 24.3 Å². The molecule has 0 atom stereocenters. The highest BCUT2D eigenvalue weighted by atomic mass is 16.2. The van der Waals surface area contributed by atoms with Crippen LogP contribution in [0.2, 0.25) is 0 Å². The van der Waals surface area contributed by atoms with Crippen LogP contribution in [0.1, 0.15) is 12.8 Å². The second-order valence-corrected chi connectivity index (χ2v) is 5.01. The minimum atomic E-state index is -0.0435. The van der Waals surface area contributed by atoms with Gasteiger partial charge in [0, 0.05) is 13.0 Å². The van der Waals surface area contributed by atoms with Crippen LogP contribution in [0.25, 0.3) is 0 Å². The number of likely N-dealkylation sites (N-methyl/N-ethyl adjacent to an activating group) is 1. The van der Waals surface area contributed by atoms with Crippen LogP contribution in [-0.2, 0) is 9.59 Å². The molecule has 0 spiro atoms. The molecule has 1 aliphatic heterocycles. The molecule has 1 aromatic rings. The average molecular weight is 256 g/mol. The minimum Gasteiger partial charge on any atom is -0.312 e. The van der Waals surface area contributed by atoms with Gasteiger partial charge in [0.15, 0.2) is 0 Å². The fourth-order valence-electron chi connectivity index (χ4n) is 2.67. The molecule has 0 bridgehead atoms. The number of carbonyl (C=O) groups is 2. The summed E-state index contributed by atoms with van der Waals surface area (Å²) in [5.74, 6) is 0.00108. The Bertz CT molecular complexity index is 557. The Morgan fingerprint density at radius 3 is 2.47 bits per heavy atom. The van der Waals surface area contributed by atoms with Crippen LogP contribution in [0.5, 0.6) is 0 Å². The van der Waals surface area contributed by atoms with E-state index in [1.165, 1.54) is 0 Å². The van der Waals surface area contributed by atoms with Crippen molar-refractivity contribution in [3.63, 3.8) is 0 Å². The normalized spacial score (nSPS) is 18.9. The standard InChI is InChI=1S/C15H16N2O2/c1-16-12-8-4-5-9-13(12)17(10-14(16)18)15(19)11-6-2-3-7-11/h2-5,8-9,11H,6-7,10H2,1H3. The SMILES string of the molecule is CN1C(=O)CN(C(=O)C2CC=CC2)c2ccccc21. The molecule has 2 aliphatic rings. The molecule has 0 saturated carbocycles. The summed E-state index contributed by atoms with van der Waals surface area (Å²) in [7, 11) is 1.75. The molecule has 4 nitrogen and oxygen atoms in total. The number of carbonyl (C=O) groups excluding carboxylic acids is 2. The van der Waals surface area contributed by atoms with Crippen molar-refractivity contribution in [1.29, 1.82) is 0 Å². The molecule has 1 heterocycles. The van der Waals surface area contributed by atoms with Gasteiger partial charge in [0.1, 0.15) is 6.54 Å². The molecule has 0 radical (unpaired) electrons. The van der Waals surface area contributed by atoms with E-state index >= 15 is 0 Å². The number of allylic oxidation sites excluding steroid dienone is 2. The lowest BCUT2D eigenvalue weighted by atomic mass is 10.0. The van der Waals surface area contributed by atoms with Crippen LogP contribution in [0, 0.1) is 5.92 Å². The lowest BCUT2D eigenvalue weighted by molar-refractivity contribution is -0.125. The summed E-state index contributed by atoms with van der Waals surface area (Å²) in [5, 5.41) is 0. The number of benzene rings is 1. The third kappa shape index (κ3) is 1.93. The molecule has 3 rings (SSSR count). The molecule has 1 aromatic carbocycles. The van der Waals surface area contributed by atoms with Crippen LogP contribution < -0.4 is 9.80 Å². The lowest BCUT2D eigenvalue weighted by Gasteiger charge is -2.35. The van der Waals surface area contributed by atoms with Gasteiger partial charge in [-0.3, -0.25) is 9.59 Å². The minimum absolute atomic E-state index is 0.00994. The van der Waals surface area contributed by atoms with Gasteiger partial charge in [0.2, 0.25) is 11.8 Å². The van der Waals surface area contributed by atoms with E-state index in [1.807, 2.05) is 36.4 Å². The first kappa shape index (κ1) is 12.0. The Kier molecular flexibility index (Phi) is 2.85. The Hall–Kier alpha value is -2.10. The predicted molar refractivity (Wildman–Crippen MR) is 74.1 cm³/mol. The van der Waals surface area contributed by atoms with Crippen molar-refractivity contribution in [1.82, 2.24) is 0 Å². The average Bonchev–Trinajstić information content (AvgIpc) is 2.96. The van der Waals surface area contributed by atoms with Gasteiger partial charge >= 0.3 is 0 Å². The highest BCUT2D eigenvalue weighted by Gasteiger charge is 2.33. The van der Waals surface area contributed by atoms with Crippen LogP contribution in [0.15, 0.2) is 36.4 Å². The zero-order valence-electron chi connectivity index (χ0n) is 10.9. The molecule has 19 heavy (non-hydrogen) atoms. The summed E-state index contributed by atoms with van der Waals surface area (Å²) < 4.78 is 0. The maximum Gasteiger partial charge on any atom is 0.246 e. The van der Waals surface area contributed by atoms with E-state index in [0.717, 1.165) is 24.2 Å². The highest BCUT2D eigenvalue weighted by molar-refractivity contribution is 6.11. The zero-order chi connectivity index (χ0) is 13.4. The van der Waals surface area contributed by atoms with Crippen molar-refractivity contribution in [3.8, 4) is 0 Å². The van der Waals surface area contributed by atoms with Crippen molar-refractivity contribution < 1.29 is 9.59 Å². The summed E-state index contributed by atoms with van der Waals surface area (Å²) in [5.41, 5.74) is 1.64. The second-order valence-electron chi connectivity index (χ2n) is 5.01. The van der Waals surface area contributed by atoms with Crippen molar-refractivity contribution in [2.45, 2.75) is 12.8 Å². The molecular weight excluding hydrogens is 240 g/mol. The Morgan fingerprint density at radius 2 is 1.79 bits per heavy atom. The highest BCUT2D eigenvalue weighted by Crippen LogP contribution is 2.34. The van der Waals surface area contributed by atoms with Crippen LogP contribution >= 0.6 is 0 Å². The summed E-state index contributed by atoms with van der Waals surface area (Å²) >= 11 is 0. The molecular formula is C15H16N2O2. The number of hydrogen-bond donors (Lipinski definition) is 0. The monoisotopic (exact) mass is 256 g/mol. The fourth-order valence-corrected chi connectivity index (χ4v) is 2.67. The van der Waals surface area contributed by atoms with E-state index < -0.39 is 0 Å². The number of rotatable bonds is 1. The summed E-state index contributed by atoms with van der Waals surface area (Å²) in [6.45, 7) is 0.142. The van der Waals surface area contributed by atoms with Gasteiger partial charge in [0.25, 0.3) is 0 Å². The number of hydrogen-bond acceptors (Lipinski definition) is 2. The van der Waals surface area contributed by atoms with Gasteiger partial charge < -0.3 is 9.80 Å². The third-order valence-electron chi connectivity index (χ3n) is 3.82. The summed E-state index contributed by atoms with van der Waals surface area (Å²) in [4.78, 5) is 27.8. The maximum absolute atomic E-state index is 12.5. The Morgan fingerprint density at radius 1 is 1.16 bits per heavy atom. The van der Waals surface area contributed by atoms with Crippen molar-refractivity contribution >= 4 is 23.2 Å². The quantitative estimate of drug-likeness (QED) is 0.721. The number of para-hydroxylation sites is 2. The maximum atomic E-state index is 12.5. The van der Waals surface area contributed by atoms with E-state index in [0.29, 0.717) is 0 Å². The second kappa shape index (κ2) is 4.53. The molecule has 0 N–H and O–H groups in total. The van der Waals surface area contributed by atoms with Gasteiger partial charge in [-0.25, -0.2) is 0 Å². The molecule has 98 valence electrons. The van der Waals surface area contributed by atoms with Gasteiger partial charge in [-0.05, 0) is 25.0 Å². The molecule has 0 fully saturated rings. The largest absolute Gasteiger partial charge is 0.312 e. The van der Waals surface area contributed by atoms with E-state index in [2.05, 4.69) is 0 Å². The van der Waals surface area contributed by atoms with Gasteiger partial charge in [-0.2, -0.15) is 0 Å². The zero-order valence-corrected chi connectivity index (χ0v) is 10.9. The molecule has 0 saturated heterocycles. The smallest absolute Gasteiger partial charge is 0.246 e. The Labute approximate surface area is 112 Å². The van der Waals surface area contributed by atoms with Gasteiger partial charge in [-0.15, -0.1) is 0 Å². The first-order chi connectivity index (χ1) is 9.18. The lowest BCUT2D eigenvalue weighted by Crippen LogP contribution is -2.48. The summed E-state index contributed by atoms with van der Waals surface area (Å²) in [6.07, 6.45) is 5.63. The van der Waals surface area contributed by atoms with E-state index in [-0.39, 0.29) is 24.3 Å². The molecule has 0 aromatic heterocycles. The van der Waals surface area contributed by atoms with Crippen molar-refractivity contribution in [2.75, 3.05) is 23.4 Å². The third-order valence-corrected chi connectivity index (χ3v) is 3.82. The predicted octanol–water partition coefficient (Wildman–Crippen LogP) is 1.96. The van der Waals surface area contributed by atoms with Crippen LogP contribution in [0.3, 0.4) is 0 Å². The topological polar surface area (TPSA) is 40.6 Å². The van der Waals surface area contributed by atoms with Gasteiger partial charge in [0.05, 0.1) is 11.4 Å². The van der Waals surface area contributed by atoms with E-state index in [9.17, 15) is 9.59 Å². The van der Waals surface area contributed by atoms with E-state index in [4.69, 9.17) is 0 Å². The molecule has 0 unspecified atom stereocenters. The number of anilines is 2. The number of nitrogens with zero attached hydrogens (tertiary/aromatic N) is 2. The van der Waals surface area contributed by atoms with Crippen molar-refractivity contribution in [2.24, 2.45) is 5.92 Å². The van der Waals surface area contributed by atoms with E-state index in [1.54, 1.807) is 16.8 Å².